The number of carbonyl (C=O) groups excluding carboxylic acids is 1. The van der Waals surface area contributed by atoms with Gasteiger partial charge in [-0.25, -0.2) is 9.79 Å². The van der Waals surface area contributed by atoms with E-state index in [4.69, 9.17) is 16.3 Å². The van der Waals surface area contributed by atoms with Gasteiger partial charge in [-0.15, -0.1) is 15.7 Å². The third-order valence-electron chi connectivity index (χ3n) is 4.67. The second kappa shape index (κ2) is 9.15. The predicted molar refractivity (Wildman–Crippen MR) is 133 cm³/mol. The first-order valence-corrected chi connectivity index (χ1v) is 13.3. The number of thiophene rings is 1. The Kier molecular flexibility index (Phi) is 6.05. The van der Waals surface area contributed by atoms with Crippen molar-refractivity contribution in [2.24, 2.45) is 9.39 Å². The van der Waals surface area contributed by atoms with Crippen LogP contribution in [0.15, 0.2) is 98.2 Å². The molecule has 3 heterocycles. The molecule has 0 saturated carbocycles. The smallest absolute Gasteiger partial charge is 0.363 e. The summed E-state index contributed by atoms with van der Waals surface area (Å²) in [4.78, 5) is 18.0. The average molecular weight is 528 g/mol. The lowest BCUT2D eigenvalue weighted by Gasteiger charge is -2.05. The molecule has 1 aliphatic heterocycles. The van der Waals surface area contributed by atoms with E-state index in [1.54, 1.807) is 48.5 Å². The maximum absolute atomic E-state index is 13.0. The van der Waals surface area contributed by atoms with Crippen molar-refractivity contribution in [2.45, 2.75) is 4.90 Å². The van der Waals surface area contributed by atoms with Crippen LogP contribution in [0.5, 0.6) is 0 Å². The lowest BCUT2D eigenvalue weighted by Crippen LogP contribution is -2.15. The zero-order valence-electron chi connectivity index (χ0n) is 17.2. The molecule has 1 aliphatic rings. The van der Waals surface area contributed by atoms with E-state index in [1.807, 2.05) is 17.5 Å². The molecule has 0 atom stereocenters. The van der Waals surface area contributed by atoms with Crippen LogP contribution in [0.25, 0.3) is 11.8 Å². The monoisotopic (exact) mass is 527 g/mol. The second-order valence-electron chi connectivity index (χ2n) is 6.90. The van der Waals surface area contributed by atoms with E-state index >= 15 is 0 Å². The van der Waals surface area contributed by atoms with E-state index in [1.165, 1.54) is 34.1 Å². The third-order valence-corrected chi connectivity index (χ3v) is 8.39. The lowest BCUT2D eigenvalue weighted by atomic mass is 10.3. The molecular weight excluding hydrogens is 514 g/mol. The fourth-order valence-electron chi connectivity index (χ4n) is 3.12. The number of sulfonamides is 1. The van der Waals surface area contributed by atoms with E-state index < -0.39 is 16.0 Å². The quantitative estimate of drug-likeness (QED) is 0.273. The van der Waals surface area contributed by atoms with Gasteiger partial charge in [-0.2, -0.15) is 8.42 Å². The number of hydrogen-bond donors (Lipinski definition) is 0. The summed E-state index contributed by atoms with van der Waals surface area (Å²) in [6.45, 7) is 0. The van der Waals surface area contributed by atoms with Gasteiger partial charge < -0.3 is 4.74 Å². The van der Waals surface area contributed by atoms with Gasteiger partial charge in [0.25, 0.3) is 10.0 Å². The number of nitrogens with zero attached hydrogens (tertiary/aromatic N) is 3. The standard InChI is InChI=1S/C23H14ClN3O4S3/c24-20-19(14-17-22(28)31-21(25-17)18-12-7-13-32-18)33-23(27(20)15-8-3-1-4-9-15)26-34(29,30)16-10-5-2-6-11-16/h1-14H/b17-14+,26-23-. The van der Waals surface area contributed by atoms with Crippen molar-refractivity contribution in [3.05, 3.63) is 104 Å². The Morgan fingerprint density at radius 3 is 2.38 bits per heavy atom. The molecule has 0 N–H and O–H groups in total. The topological polar surface area (TPSA) is 90.1 Å². The first-order valence-electron chi connectivity index (χ1n) is 9.82. The number of thiazole rings is 1. The maximum atomic E-state index is 13.0. The van der Waals surface area contributed by atoms with Crippen LogP contribution in [0.4, 0.5) is 0 Å². The normalized spacial score (nSPS) is 15.6. The van der Waals surface area contributed by atoms with Crippen molar-refractivity contribution in [1.29, 1.82) is 0 Å². The van der Waals surface area contributed by atoms with Gasteiger partial charge in [0.2, 0.25) is 10.7 Å². The summed E-state index contributed by atoms with van der Waals surface area (Å²) in [5.41, 5.74) is 0.677. The van der Waals surface area contributed by atoms with E-state index in [-0.39, 0.29) is 26.4 Å². The molecule has 0 saturated heterocycles. The Labute approximate surface area is 207 Å². The molecule has 0 spiro atoms. The van der Waals surface area contributed by atoms with Gasteiger partial charge in [0.15, 0.2) is 5.70 Å². The molecule has 0 fully saturated rings. The fourth-order valence-corrected chi connectivity index (χ4v) is 6.33. The zero-order valence-corrected chi connectivity index (χ0v) is 20.4. The second-order valence-corrected chi connectivity index (χ2v) is 10.8. The maximum Gasteiger partial charge on any atom is 0.363 e. The van der Waals surface area contributed by atoms with E-state index in [0.717, 1.165) is 16.2 Å². The number of benzene rings is 2. The van der Waals surface area contributed by atoms with Gasteiger partial charge in [-0.3, -0.25) is 4.57 Å². The highest BCUT2D eigenvalue weighted by atomic mass is 35.5. The first-order chi connectivity index (χ1) is 16.4. The predicted octanol–water partition coefficient (Wildman–Crippen LogP) is 4.89. The molecule has 2 aromatic heterocycles. The van der Waals surface area contributed by atoms with Gasteiger partial charge in [0.1, 0.15) is 5.15 Å². The number of ether oxygens (including phenoxy) is 1. The molecule has 5 rings (SSSR count). The number of hydrogen-bond acceptors (Lipinski definition) is 7. The van der Waals surface area contributed by atoms with E-state index in [0.29, 0.717) is 10.6 Å². The Balaban J connectivity index is 1.67. The number of rotatable bonds is 5. The fraction of sp³-hybridized carbons (Fsp3) is 0. The molecule has 7 nitrogen and oxygen atoms in total. The Morgan fingerprint density at radius 2 is 1.71 bits per heavy atom. The Hall–Kier alpha value is -3.31. The van der Waals surface area contributed by atoms with Crippen molar-refractivity contribution in [2.75, 3.05) is 0 Å². The van der Waals surface area contributed by atoms with Gasteiger partial charge in [0.05, 0.1) is 14.6 Å². The van der Waals surface area contributed by atoms with Crippen molar-refractivity contribution < 1.29 is 17.9 Å². The first kappa shape index (κ1) is 22.5. The molecule has 0 aliphatic carbocycles. The highest BCUT2D eigenvalue weighted by Gasteiger charge is 2.26. The number of aliphatic imine (C=N–C) groups is 1. The summed E-state index contributed by atoms with van der Waals surface area (Å²) < 4.78 is 36.8. The van der Waals surface area contributed by atoms with E-state index in [9.17, 15) is 13.2 Å². The largest absolute Gasteiger partial charge is 0.401 e. The van der Waals surface area contributed by atoms with Gasteiger partial charge in [-0.1, -0.05) is 65.4 Å². The number of para-hydroxylation sites is 1. The molecule has 0 unspecified atom stereocenters. The van der Waals surface area contributed by atoms with Crippen LogP contribution in [0.1, 0.15) is 9.75 Å². The molecule has 2 aromatic carbocycles. The number of cyclic esters (lactones) is 1. The Bertz CT molecular complexity index is 1600. The molecule has 0 bridgehead atoms. The van der Waals surface area contributed by atoms with Crippen LogP contribution in [0, 0.1) is 0 Å². The van der Waals surface area contributed by atoms with Crippen LogP contribution in [0.2, 0.25) is 5.15 Å². The minimum atomic E-state index is -4.01. The van der Waals surface area contributed by atoms with Crippen molar-refractivity contribution >= 4 is 62.2 Å². The van der Waals surface area contributed by atoms with Crippen molar-refractivity contribution in [1.82, 2.24) is 4.57 Å². The van der Waals surface area contributed by atoms with Crippen LogP contribution >= 0.6 is 34.3 Å². The van der Waals surface area contributed by atoms with Crippen LogP contribution in [-0.2, 0) is 19.6 Å². The van der Waals surface area contributed by atoms with Crippen LogP contribution in [-0.4, -0.2) is 24.9 Å². The van der Waals surface area contributed by atoms with Gasteiger partial charge >= 0.3 is 5.97 Å². The van der Waals surface area contributed by atoms with Crippen molar-refractivity contribution in [3.63, 3.8) is 0 Å². The molecule has 0 amide bonds. The molecule has 4 aromatic rings. The summed E-state index contributed by atoms with van der Waals surface area (Å²) in [7, 11) is -4.01. The summed E-state index contributed by atoms with van der Waals surface area (Å²) in [5.74, 6) is -0.402. The summed E-state index contributed by atoms with van der Waals surface area (Å²) in [6, 6.07) is 20.5. The Morgan fingerprint density at radius 1 is 1.00 bits per heavy atom. The highest BCUT2D eigenvalue weighted by Crippen LogP contribution is 2.28. The summed E-state index contributed by atoms with van der Waals surface area (Å²) in [6.07, 6.45) is 1.48. The highest BCUT2D eigenvalue weighted by molar-refractivity contribution is 7.90. The van der Waals surface area contributed by atoms with Gasteiger partial charge in [-0.05, 0) is 41.8 Å². The molecule has 170 valence electrons. The van der Waals surface area contributed by atoms with Crippen LogP contribution < -0.4 is 4.80 Å². The number of esters is 1. The molecule has 34 heavy (non-hydrogen) atoms. The van der Waals surface area contributed by atoms with Crippen molar-refractivity contribution in [3.8, 4) is 5.69 Å². The van der Waals surface area contributed by atoms with E-state index in [2.05, 4.69) is 9.39 Å². The summed E-state index contributed by atoms with van der Waals surface area (Å²) in [5, 5.41) is 2.05. The SMILES string of the molecule is O=C1OC(c2cccs2)=N/C1=C/c1s/c(=N\S(=O)(=O)c2ccccc2)n(-c2ccccc2)c1Cl. The molecule has 11 heteroatoms. The minimum absolute atomic E-state index is 0.0589. The summed E-state index contributed by atoms with van der Waals surface area (Å²) >= 11 is 9.10. The number of aromatic nitrogens is 1. The third kappa shape index (κ3) is 4.40. The number of carbonyl (C=O) groups is 1. The van der Waals surface area contributed by atoms with Crippen LogP contribution in [0.3, 0.4) is 0 Å². The van der Waals surface area contributed by atoms with Gasteiger partial charge in [0, 0.05) is 5.69 Å². The average Bonchev–Trinajstić information content (AvgIpc) is 3.56. The minimum Gasteiger partial charge on any atom is -0.401 e. The molecule has 0 radical (unpaired) electrons. The zero-order chi connectivity index (χ0) is 23.7. The lowest BCUT2D eigenvalue weighted by molar-refractivity contribution is -0.129. The number of halogens is 1. The molecular formula is C23H14ClN3O4S3.